The van der Waals surface area contributed by atoms with Crippen LogP contribution in [0.3, 0.4) is 0 Å². The molecule has 0 radical (unpaired) electrons. The Balaban J connectivity index is 2.39. The quantitative estimate of drug-likeness (QED) is 0.511. The van der Waals surface area contributed by atoms with Crippen molar-refractivity contribution in [2.24, 2.45) is 11.8 Å². The Bertz CT molecular complexity index is 279. The van der Waals surface area contributed by atoms with Crippen LogP contribution in [0, 0.1) is 11.8 Å². The molecule has 0 aromatic heterocycles. The minimum Gasteiger partial charge on any atom is -0.469 e. The second kappa shape index (κ2) is 6.30. The third-order valence-corrected chi connectivity index (χ3v) is 2.82. The topological polar surface area (TPSA) is 52.6 Å². The predicted octanol–water partition coefficient (Wildman–Crippen LogP) is 1.69. The van der Waals surface area contributed by atoms with Crippen LogP contribution in [0.1, 0.15) is 25.7 Å². The van der Waals surface area contributed by atoms with Crippen LogP contribution in [0.15, 0.2) is 12.2 Å². The van der Waals surface area contributed by atoms with Crippen molar-refractivity contribution in [2.45, 2.75) is 25.7 Å². The number of rotatable bonds is 6. The lowest BCUT2D eigenvalue weighted by molar-refractivity contribution is -0.140. The van der Waals surface area contributed by atoms with Gasteiger partial charge in [0.1, 0.15) is 0 Å². The molecule has 0 bridgehead atoms. The van der Waals surface area contributed by atoms with Crippen molar-refractivity contribution < 1.29 is 19.1 Å². The van der Waals surface area contributed by atoms with E-state index in [0.717, 1.165) is 6.42 Å². The van der Waals surface area contributed by atoms with E-state index in [1.54, 1.807) is 0 Å². The molecule has 0 heterocycles. The SMILES string of the molecule is COC(=O)C=CC(CCC(=O)OC)C1CC1. The number of carbonyl (C=O) groups is 2. The van der Waals surface area contributed by atoms with Gasteiger partial charge in [0.2, 0.25) is 0 Å². The second-order valence-electron chi connectivity index (χ2n) is 4.00. The minimum atomic E-state index is -0.344. The van der Waals surface area contributed by atoms with Gasteiger partial charge in [-0.05, 0) is 31.1 Å². The van der Waals surface area contributed by atoms with Crippen molar-refractivity contribution in [3.8, 4) is 0 Å². The molecule has 1 atom stereocenters. The third-order valence-electron chi connectivity index (χ3n) is 2.82. The van der Waals surface area contributed by atoms with Gasteiger partial charge in [0.05, 0.1) is 14.2 Å². The van der Waals surface area contributed by atoms with Gasteiger partial charge < -0.3 is 9.47 Å². The van der Waals surface area contributed by atoms with Crippen LogP contribution in [0.25, 0.3) is 0 Å². The number of hydrogen-bond acceptors (Lipinski definition) is 4. The maximum absolute atomic E-state index is 11.0. The molecule has 1 saturated carbocycles. The first-order valence-electron chi connectivity index (χ1n) is 5.50. The molecule has 1 aliphatic carbocycles. The molecule has 1 aliphatic rings. The fourth-order valence-electron chi connectivity index (χ4n) is 1.67. The van der Waals surface area contributed by atoms with Crippen LogP contribution < -0.4 is 0 Å². The van der Waals surface area contributed by atoms with E-state index in [-0.39, 0.29) is 17.9 Å². The average Bonchev–Trinajstić information content (AvgIpc) is 3.12. The fraction of sp³-hybridized carbons (Fsp3) is 0.667. The summed E-state index contributed by atoms with van der Waals surface area (Å²) < 4.78 is 9.12. The number of carbonyl (C=O) groups excluding carboxylic acids is 2. The molecule has 4 heteroatoms. The highest BCUT2D eigenvalue weighted by molar-refractivity contribution is 5.81. The zero-order valence-corrected chi connectivity index (χ0v) is 9.77. The van der Waals surface area contributed by atoms with Gasteiger partial charge in [-0.15, -0.1) is 0 Å². The van der Waals surface area contributed by atoms with Gasteiger partial charge in [-0.3, -0.25) is 4.79 Å². The molecule has 0 N–H and O–H groups in total. The van der Waals surface area contributed by atoms with Crippen molar-refractivity contribution in [1.82, 2.24) is 0 Å². The van der Waals surface area contributed by atoms with Crippen molar-refractivity contribution in [1.29, 1.82) is 0 Å². The Morgan fingerprint density at radius 3 is 2.50 bits per heavy atom. The molecule has 0 spiro atoms. The van der Waals surface area contributed by atoms with E-state index < -0.39 is 0 Å². The minimum absolute atomic E-state index is 0.197. The van der Waals surface area contributed by atoms with E-state index in [4.69, 9.17) is 0 Å². The molecule has 4 nitrogen and oxygen atoms in total. The highest BCUT2D eigenvalue weighted by Crippen LogP contribution is 2.39. The van der Waals surface area contributed by atoms with E-state index in [9.17, 15) is 9.59 Å². The highest BCUT2D eigenvalue weighted by Gasteiger charge is 2.29. The zero-order chi connectivity index (χ0) is 12.0. The van der Waals surface area contributed by atoms with E-state index in [1.807, 2.05) is 6.08 Å². The number of methoxy groups -OCH3 is 2. The van der Waals surface area contributed by atoms with Crippen molar-refractivity contribution in [2.75, 3.05) is 14.2 Å². The first kappa shape index (κ1) is 12.7. The fourth-order valence-corrected chi connectivity index (χ4v) is 1.67. The summed E-state index contributed by atoms with van der Waals surface area (Å²) in [6.45, 7) is 0. The third kappa shape index (κ3) is 4.47. The van der Waals surface area contributed by atoms with Gasteiger partial charge in [-0.1, -0.05) is 6.08 Å². The molecule has 0 saturated heterocycles. The molecule has 1 rings (SSSR count). The summed E-state index contributed by atoms with van der Waals surface area (Å²) in [5, 5.41) is 0. The average molecular weight is 226 g/mol. The number of allylic oxidation sites excluding steroid dienone is 1. The molecular weight excluding hydrogens is 208 g/mol. The first-order valence-corrected chi connectivity index (χ1v) is 5.50. The molecule has 1 fully saturated rings. The summed E-state index contributed by atoms with van der Waals surface area (Å²) in [5.74, 6) is 0.365. The van der Waals surface area contributed by atoms with Gasteiger partial charge in [-0.25, -0.2) is 4.79 Å². The molecular formula is C12H18O4. The molecule has 0 aliphatic heterocycles. The molecule has 0 aromatic carbocycles. The number of esters is 2. The Morgan fingerprint density at radius 1 is 1.31 bits per heavy atom. The summed E-state index contributed by atoms with van der Waals surface area (Å²) in [5.41, 5.74) is 0. The van der Waals surface area contributed by atoms with Crippen LogP contribution in [0.4, 0.5) is 0 Å². The second-order valence-corrected chi connectivity index (χ2v) is 4.00. The molecule has 0 aromatic rings. The number of ether oxygens (including phenoxy) is 2. The standard InChI is InChI=1S/C12H18O4/c1-15-11(13)7-5-10(9-3-4-9)6-8-12(14)16-2/h5,7,9-10H,3-4,6,8H2,1-2H3. The first-order chi connectivity index (χ1) is 7.67. The van der Waals surface area contributed by atoms with Crippen LogP contribution in [0.5, 0.6) is 0 Å². The summed E-state index contributed by atoms with van der Waals surface area (Å²) >= 11 is 0. The van der Waals surface area contributed by atoms with Gasteiger partial charge in [0, 0.05) is 12.5 Å². The highest BCUT2D eigenvalue weighted by atomic mass is 16.5. The van der Waals surface area contributed by atoms with Crippen LogP contribution in [0.2, 0.25) is 0 Å². The van der Waals surface area contributed by atoms with Crippen molar-refractivity contribution >= 4 is 11.9 Å². The van der Waals surface area contributed by atoms with Crippen LogP contribution in [-0.4, -0.2) is 26.2 Å². The van der Waals surface area contributed by atoms with Crippen LogP contribution in [-0.2, 0) is 19.1 Å². The molecule has 16 heavy (non-hydrogen) atoms. The lowest BCUT2D eigenvalue weighted by Crippen LogP contribution is -2.07. The molecule has 1 unspecified atom stereocenters. The molecule has 0 amide bonds. The van der Waals surface area contributed by atoms with Crippen LogP contribution >= 0.6 is 0 Å². The zero-order valence-electron chi connectivity index (χ0n) is 9.77. The smallest absolute Gasteiger partial charge is 0.330 e. The van der Waals surface area contributed by atoms with E-state index in [2.05, 4.69) is 9.47 Å². The summed E-state index contributed by atoms with van der Waals surface area (Å²) in [7, 11) is 2.74. The van der Waals surface area contributed by atoms with E-state index in [0.29, 0.717) is 12.3 Å². The number of hydrogen-bond donors (Lipinski definition) is 0. The van der Waals surface area contributed by atoms with Gasteiger partial charge >= 0.3 is 11.9 Å². The van der Waals surface area contributed by atoms with E-state index >= 15 is 0 Å². The lowest BCUT2D eigenvalue weighted by Gasteiger charge is -2.09. The lowest BCUT2D eigenvalue weighted by atomic mass is 9.97. The normalized spacial score (nSPS) is 17.1. The maximum atomic E-state index is 11.0. The monoisotopic (exact) mass is 226 g/mol. The Morgan fingerprint density at radius 2 is 2.00 bits per heavy atom. The van der Waals surface area contributed by atoms with Crippen molar-refractivity contribution in [3.63, 3.8) is 0 Å². The molecule has 90 valence electrons. The maximum Gasteiger partial charge on any atom is 0.330 e. The Labute approximate surface area is 95.6 Å². The van der Waals surface area contributed by atoms with Gasteiger partial charge in [0.15, 0.2) is 0 Å². The summed E-state index contributed by atoms with van der Waals surface area (Å²) in [6, 6.07) is 0. The predicted molar refractivity (Wildman–Crippen MR) is 58.6 cm³/mol. The van der Waals surface area contributed by atoms with Crippen molar-refractivity contribution in [3.05, 3.63) is 12.2 Å². The largest absolute Gasteiger partial charge is 0.469 e. The Kier molecular flexibility index (Phi) is 5.02. The van der Waals surface area contributed by atoms with E-state index in [1.165, 1.54) is 33.1 Å². The summed E-state index contributed by atoms with van der Waals surface area (Å²) in [6.07, 6.45) is 6.80. The van der Waals surface area contributed by atoms with Gasteiger partial charge in [0.25, 0.3) is 0 Å². The summed E-state index contributed by atoms with van der Waals surface area (Å²) in [4.78, 5) is 22.0. The van der Waals surface area contributed by atoms with Gasteiger partial charge in [-0.2, -0.15) is 0 Å². The Hall–Kier alpha value is -1.32.